The molecule has 0 nitrogen and oxygen atoms in total. The molecule has 0 saturated heterocycles. The van der Waals surface area contributed by atoms with E-state index in [4.69, 9.17) is 0 Å². The van der Waals surface area contributed by atoms with Crippen molar-refractivity contribution >= 4 is 0 Å². The van der Waals surface area contributed by atoms with Gasteiger partial charge in [0.25, 0.3) is 0 Å². The van der Waals surface area contributed by atoms with Gasteiger partial charge in [0.15, 0.2) is 0 Å². The predicted molar refractivity (Wildman–Crippen MR) is 50.6 cm³/mol. The third-order valence-electron chi connectivity index (χ3n) is 2.96. The molecule has 0 spiro atoms. The van der Waals surface area contributed by atoms with Crippen LogP contribution in [0.4, 0.5) is 0 Å². The Labute approximate surface area is 71.4 Å². The largest absolute Gasteiger partial charge is 0.0628 e. The number of hydrogen-bond acceptors (Lipinski definition) is 0. The van der Waals surface area contributed by atoms with Gasteiger partial charge in [-0.05, 0) is 24.2 Å². The minimum atomic E-state index is 0.908. The minimum absolute atomic E-state index is 0.908. The van der Waals surface area contributed by atoms with Crippen LogP contribution < -0.4 is 0 Å². The average molecular weight is 154 g/mol. The molecule has 0 aliphatic heterocycles. The molecule has 0 amide bonds. The van der Waals surface area contributed by atoms with Crippen LogP contribution in [0.25, 0.3) is 0 Å². The quantitative estimate of drug-likeness (QED) is 0.579. The van der Waals surface area contributed by atoms with Crippen molar-refractivity contribution < 1.29 is 0 Å². The van der Waals surface area contributed by atoms with Crippen LogP contribution in [0.2, 0.25) is 0 Å². The maximum atomic E-state index is 2.40. The summed E-state index contributed by atoms with van der Waals surface area (Å²) >= 11 is 0. The normalized spacial score (nSPS) is 31.6. The van der Waals surface area contributed by atoms with Crippen LogP contribution in [0.5, 0.6) is 0 Å². The second kappa shape index (κ2) is 4.13. The van der Waals surface area contributed by atoms with E-state index >= 15 is 0 Å². The van der Waals surface area contributed by atoms with Crippen molar-refractivity contribution in [1.82, 2.24) is 0 Å². The molecule has 1 rings (SSSR count). The van der Waals surface area contributed by atoms with Crippen molar-refractivity contribution in [2.24, 2.45) is 17.8 Å². The summed E-state index contributed by atoms with van der Waals surface area (Å²) < 4.78 is 0. The summed E-state index contributed by atoms with van der Waals surface area (Å²) in [6, 6.07) is 0. The van der Waals surface area contributed by atoms with Crippen molar-refractivity contribution in [1.29, 1.82) is 0 Å². The summed E-state index contributed by atoms with van der Waals surface area (Å²) in [5.74, 6) is 3.01. The lowest BCUT2D eigenvalue weighted by Crippen LogP contribution is -1.97. The molecule has 1 fully saturated rings. The van der Waals surface area contributed by atoms with E-state index in [9.17, 15) is 0 Å². The molecule has 1 aliphatic rings. The van der Waals surface area contributed by atoms with Gasteiger partial charge in [0.2, 0.25) is 0 Å². The van der Waals surface area contributed by atoms with Crippen LogP contribution in [0, 0.1) is 17.8 Å². The van der Waals surface area contributed by atoms with E-state index in [2.05, 4.69) is 20.8 Å². The highest BCUT2D eigenvalue weighted by Gasteiger charge is 2.20. The molecule has 0 heterocycles. The van der Waals surface area contributed by atoms with Gasteiger partial charge in [-0.1, -0.05) is 46.5 Å². The molecule has 0 unspecified atom stereocenters. The number of hydrogen-bond donors (Lipinski definition) is 0. The maximum absolute atomic E-state index is 2.40. The van der Waals surface area contributed by atoms with Gasteiger partial charge in [-0.25, -0.2) is 0 Å². The first-order valence-corrected chi connectivity index (χ1v) is 5.18. The van der Waals surface area contributed by atoms with Gasteiger partial charge in [-0.15, -0.1) is 0 Å². The first-order chi connectivity index (χ1) is 5.18. The fraction of sp³-hybridized carbons (Fsp3) is 1.00. The fourth-order valence-corrected chi connectivity index (χ4v) is 2.16. The maximum Gasteiger partial charge on any atom is -0.0412 e. The van der Waals surface area contributed by atoms with Gasteiger partial charge in [-0.2, -0.15) is 0 Å². The molecule has 2 atom stereocenters. The van der Waals surface area contributed by atoms with E-state index in [1.807, 2.05) is 0 Å². The van der Waals surface area contributed by atoms with Crippen LogP contribution in [-0.2, 0) is 0 Å². The van der Waals surface area contributed by atoms with E-state index in [0.717, 1.165) is 17.8 Å². The van der Waals surface area contributed by atoms with Crippen LogP contribution in [0.3, 0.4) is 0 Å². The van der Waals surface area contributed by atoms with E-state index in [1.165, 1.54) is 32.1 Å². The summed E-state index contributed by atoms with van der Waals surface area (Å²) in [4.78, 5) is 0. The van der Waals surface area contributed by atoms with E-state index in [0.29, 0.717) is 0 Å². The van der Waals surface area contributed by atoms with Crippen molar-refractivity contribution in [3.63, 3.8) is 0 Å². The van der Waals surface area contributed by atoms with Crippen molar-refractivity contribution in [2.45, 2.75) is 52.9 Å². The zero-order valence-corrected chi connectivity index (χ0v) is 8.27. The van der Waals surface area contributed by atoms with Gasteiger partial charge >= 0.3 is 0 Å². The first-order valence-electron chi connectivity index (χ1n) is 5.18. The van der Waals surface area contributed by atoms with Crippen LogP contribution >= 0.6 is 0 Å². The Balaban J connectivity index is 2.08. The Kier molecular flexibility index (Phi) is 3.42. The monoisotopic (exact) mass is 154 g/mol. The first kappa shape index (κ1) is 9.09. The lowest BCUT2D eigenvalue weighted by Gasteiger charge is -2.10. The van der Waals surface area contributed by atoms with Crippen molar-refractivity contribution in [3.8, 4) is 0 Å². The highest BCUT2D eigenvalue weighted by molar-refractivity contribution is 4.72. The molecule has 0 aromatic rings. The van der Waals surface area contributed by atoms with Crippen LogP contribution in [0.1, 0.15) is 52.9 Å². The molecule has 0 aromatic carbocycles. The topological polar surface area (TPSA) is 0 Å². The third-order valence-corrected chi connectivity index (χ3v) is 2.96. The molecule has 0 radical (unpaired) electrons. The highest BCUT2D eigenvalue weighted by Crippen LogP contribution is 2.33. The van der Waals surface area contributed by atoms with E-state index in [-0.39, 0.29) is 0 Å². The molecule has 0 heteroatoms. The molecule has 0 N–H and O–H groups in total. The van der Waals surface area contributed by atoms with Crippen LogP contribution in [0.15, 0.2) is 0 Å². The summed E-state index contributed by atoms with van der Waals surface area (Å²) in [7, 11) is 0. The summed E-state index contributed by atoms with van der Waals surface area (Å²) in [6.45, 7) is 7.06. The second-order valence-electron chi connectivity index (χ2n) is 4.76. The molecular formula is C11H22. The molecule has 66 valence electrons. The Bertz CT molecular complexity index is 105. The zero-order chi connectivity index (χ0) is 8.27. The lowest BCUT2D eigenvalue weighted by atomic mass is 9.96. The molecule has 0 bridgehead atoms. The summed E-state index contributed by atoms with van der Waals surface area (Å²) in [6.07, 6.45) is 7.43. The third kappa shape index (κ3) is 3.27. The Morgan fingerprint density at radius 1 is 1.27 bits per heavy atom. The van der Waals surface area contributed by atoms with E-state index in [1.54, 1.807) is 0 Å². The Hall–Kier alpha value is 0. The number of rotatable bonds is 3. The standard InChI is InChI=1S/C11H22/c1-9(2)4-6-11-7-5-10(3)8-11/h9-11H,4-8H2,1-3H3/t10-,11-/m1/s1. The Morgan fingerprint density at radius 2 is 2.00 bits per heavy atom. The smallest absolute Gasteiger partial charge is 0.0412 e. The van der Waals surface area contributed by atoms with E-state index < -0.39 is 0 Å². The van der Waals surface area contributed by atoms with Gasteiger partial charge in [0, 0.05) is 0 Å². The van der Waals surface area contributed by atoms with Gasteiger partial charge in [-0.3, -0.25) is 0 Å². The predicted octanol–water partition coefficient (Wildman–Crippen LogP) is 3.86. The highest BCUT2D eigenvalue weighted by atomic mass is 14.3. The van der Waals surface area contributed by atoms with Gasteiger partial charge in [0.05, 0.1) is 0 Å². The minimum Gasteiger partial charge on any atom is -0.0628 e. The summed E-state index contributed by atoms with van der Waals surface area (Å²) in [5.41, 5.74) is 0. The van der Waals surface area contributed by atoms with Gasteiger partial charge < -0.3 is 0 Å². The molecular weight excluding hydrogens is 132 g/mol. The molecule has 0 aromatic heterocycles. The van der Waals surface area contributed by atoms with Crippen molar-refractivity contribution in [3.05, 3.63) is 0 Å². The van der Waals surface area contributed by atoms with Crippen molar-refractivity contribution in [2.75, 3.05) is 0 Å². The van der Waals surface area contributed by atoms with Gasteiger partial charge in [0.1, 0.15) is 0 Å². The fourth-order valence-electron chi connectivity index (χ4n) is 2.16. The lowest BCUT2D eigenvalue weighted by molar-refractivity contribution is 0.421. The van der Waals surface area contributed by atoms with Crippen LogP contribution in [-0.4, -0.2) is 0 Å². The zero-order valence-electron chi connectivity index (χ0n) is 8.27. The Morgan fingerprint density at radius 3 is 2.45 bits per heavy atom. The summed E-state index contributed by atoms with van der Waals surface area (Å²) in [5, 5.41) is 0. The molecule has 11 heavy (non-hydrogen) atoms. The average Bonchev–Trinajstić information content (AvgIpc) is 2.31. The molecule has 1 aliphatic carbocycles. The second-order valence-corrected chi connectivity index (χ2v) is 4.76. The molecule has 1 saturated carbocycles. The SMILES string of the molecule is CC(C)CC[C@@H]1CC[C@@H](C)C1.